The van der Waals surface area contributed by atoms with Gasteiger partial charge in [0.1, 0.15) is 0 Å². The van der Waals surface area contributed by atoms with Crippen molar-refractivity contribution in [2.75, 3.05) is 0 Å². The lowest BCUT2D eigenvalue weighted by Crippen LogP contribution is -2.12. The van der Waals surface area contributed by atoms with E-state index in [1.807, 2.05) is 30.3 Å². The molecule has 0 heterocycles. The molecule has 0 aliphatic heterocycles. The van der Waals surface area contributed by atoms with Crippen molar-refractivity contribution in [3.8, 4) is 0 Å². The second kappa shape index (κ2) is 5.99. The Labute approximate surface area is 120 Å². The maximum atomic E-state index is 12.6. The Morgan fingerprint density at radius 1 is 0.952 bits per heavy atom. The number of rotatable bonds is 3. The molecule has 0 saturated heterocycles. The Hall–Kier alpha value is -2.30. The largest absolute Gasteiger partial charge is 0.416 e. The van der Waals surface area contributed by atoms with Gasteiger partial charge >= 0.3 is 6.18 Å². The van der Waals surface area contributed by atoms with E-state index in [0.29, 0.717) is 11.3 Å². The number of hydrogen-bond donors (Lipinski definition) is 1. The summed E-state index contributed by atoms with van der Waals surface area (Å²) in [5.74, 6) is -0.376. The molecule has 2 aromatic carbocycles. The van der Waals surface area contributed by atoms with Crippen LogP contribution in [0.25, 0.3) is 0 Å². The van der Waals surface area contributed by atoms with E-state index in [0.717, 1.165) is 17.7 Å². The first-order chi connectivity index (χ1) is 9.93. The molecular formula is C16H14F3NO. The number of alkyl halides is 3. The lowest BCUT2D eigenvalue weighted by Gasteiger charge is -2.17. The topological polar surface area (TPSA) is 32.6 Å². The van der Waals surface area contributed by atoms with Gasteiger partial charge in [-0.25, -0.2) is 0 Å². The van der Waals surface area contributed by atoms with Crippen molar-refractivity contribution in [1.82, 2.24) is 0 Å². The molecule has 0 unspecified atom stereocenters. The van der Waals surface area contributed by atoms with Crippen LogP contribution in [0.2, 0.25) is 0 Å². The van der Waals surface area contributed by atoms with E-state index in [9.17, 15) is 13.2 Å². The Balaban J connectivity index is 2.44. The zero-order chi connectivity index (χ0) is 15.5. The standard InChI is InChI=1S/C16H14F3NO/c1-11(20-21)15(12-5-3-2-4-6-12)13-7-9-14(10-8-13)16(17,18)19/h2-10,15,21H,1H3/b20-11-/t15-/m0/s1. The highest BCUT2D eigenvalue weighted by Gasteiger charge is 2.30. The molecule has 2 rings (SSSR count). The summed E-state index contributed by atoms with van der Waals surface area (Å²) < 4.78 is 37.8. The van der Waals surface area contributed by atoms with Crippen molar-refractivity contribution in [2.24, 2.45) is 5.16 Å². The second-order valence-electron chi connectivity index (χ2n) is 4.70. The van der Waals surface area contributed by atoms with Crippen molar-refractivity contribution in [3.05, 3.63) is 71.3 Å². The van der Waals surface area contributed by atoms with E-state index in [1.54, 1.807) is 6.92 Å². The smallest absolute Gasteiger partial charge is 0.411 e. The first-order valence-electron chi connectivity index (χ1n) is 6.34. The number of benzene rings is 2. The molecule has 0 fully saturated rings. The molecule has 21 heavy (non-hydrogen) atoms. The van der Waals surface area contributed by atoms with Gasteiger partial charge in [-0.2, -0.15) is 13.2 Å². The van der Waals surface area contributed by atoms with Crippen molar-refractivity contribution in [3.63, 3.8) is 0 Å². The van der Waals surface area contributed by atoms with Crippen LogP contribution in [0.5, 0.6) is 0 Å². The average Bonchev–Trinajstić information content (AvgIpc) is 2.48. The maximum absolute atomic E-state index is 12.6. The van der Waals surface area contributed by atoms with Crippen LogP contribution in [0.1, 0.15) is 29.5 Å². The molecule has 1 N–H and O–H groups in total. The quantitative estimate of drug-likeness (QED) is 0.497. The molecule has 0 aromatic heterocycles. The highest BCUT2D eigenvalue weighted by atomic mass is 19.4. The molecule has 1 atom stereocenters. The van der Waals surface area contributed by atoms with Gasteiger partial charge in [-0.3, -0.25) is 0 Å². The Bertz CT molecular complexity index is 618. The van der Waals surface area contributed by atoms with Crippen LogP contribution < -0.4 is 0 Å². The summed E-state index contributed by atoms with van der Waals surface area (Å²) >= 11 is 0. The number of oxime groups is 1. The van der Waals surface area contributed by atoms with Gasteiger partial charge in [0.25, 0.3) is 0 Å². The molecule has 5 heteroatoms. The third-order valence-corrected chi connectivity index (χ3v) is 3.28. The zero-order valence-corrected chi connectivity index (χ0v) is 11.3. The minimum Gasteiger partial charge on any atom is -0.411 e. The number of halogens is 3. The predicted molar refractivity (Wildman–Crippen MR) is 74.6 cm³/mol. The lowest BCUT2D eigenvalue weighted by atomic mass is 9.87. The van der Waals surface area contributed by atoms with E-state index < -0.39 is 11.7 Å². The predicted octanol–water partition coefficient (Wildman–Crippen LogP) is 4.69. The maximum Gasteiger partial charge on any atom is 0.416 e. The van der Waals surface area contributed by atoms with Gasteiger partial charge in [-0.05, 0) is 30.2 Å². The molecule has 2 nitrogen and oxygen atoms in total. The average molecular weight is 293 g/mol. The van der Waals surface area contributed by atoms with E-state index in [2.05, 4.69) is 5.16 Å². The molecule has 0 spiro atoms. The Kier molecular flexibility index (Phi) is 4.31. The minimum absolute atomic E-state index is 0.376. The highest BCUT2D eigenvalue weighted by Crippen LogP contribution is 2.32. The number of nitrogens with zero attached hydrogens (tertiary/aromatic N) is 1. The first-order valence-corrected chi connectivity index (χ1v) is 6.34. The number of hydrogen-bond acceptors (Lipinski definition) is 2. The van der Waals surface area contributed by atoms with Gasteiger partial charge in [0.15, 0.2) is 0 Å². The Morgan fingerprint density at radius 2 is 1.48 bits per heavy atom. The molecule has 0 aliphatic rings. The zero-order valence-electron chi connectivity index (χ0n) is 11.3. The van der Waals surface area contributed by atoms with Crippen LogP contribution in [0.4, 0.5) is 13.2 Å². The van der Waals surface area contributed by atoms with Crippen molar-refractivity contribution in [2.45, 2.75) is 19.0 Å². The molecule has 110 valence electrons. The van der Waals surface area contributed by atoms with Crippen LogP contribution in [0, 0.1) is 0 Å². The van der Waals surface area contributed by atoms with E-state index in [-0.39, 0.29) is 5.92 Å². The fourth-order valence-electron chi connectivity index (χ4n) is 2.24. The van der Waals surface area contributed by atoms with E-state index >= 15 is 0 Å². The van der Waals surface area contributed by atoms with Gasteiger partial charge in [0, 0.05) is 0 Å². The summed E-state index contributed by atoms with van der Waals surface area (Å²) in [5, 5.41) is 12.2. The fraction of sp³-hybridized carbons (Fsp3) is 0.188. The van der Waals surface area contributed by atoms with Gasteiger partial charge < -0.3 is 5.21 Å². The lowest BCUT2D eigenvalue weighted by molar-refractivity contribution is -0.137. The SMILES string of the molecule is C/C(=N/O)[C@@H](c1ccccc1)c1ccc(C(F)(F)F)cc1. The first kappa shape index (κ1) is 15.1. The summed E-state index contributed by atoms with van der Waals surface area (Å²) in [6, 6.07) is 14.1. The van der Waals surface area contributed by atoms with Gasteiger partial charge in [0.2, 0.25) is 0 Å². The van der Waals surface area contributed by atoms with Crippen molar-refractivity contribution in [1.29, 1.82) is 0 Å². The molecule has 0 amide bonds. The van der Waals surface area contributed by atoms with Gasteiger partial charge in [-0.15, -0.1) is 0 Å². The minimum atomic E-state index is -4.36. The van der Waals surface area contributed by atoms with Crippen LogP contribution in [0.3, 0.4) is 0 Å². The van der Waals surface area contributed by atoms with Crippen LogP contribution in [-0.2, 0) is 6.18 Å². The van der Waals surface area contributed by atoms with Crippen molar-refractivity contribution >= 4 is 5.71 Å². The summed E-state index contributed by atoms with van der Waals surface area (Å²) in [6.07, 6.45) is -4.36. The summed E-state index contributed by atoms with van der Waals surface area (Å²) in [4.78, 5) is 0. The van der Waals surface area contributed by atoms with Crippen molar-refractivity contribution < 1.29 is 18.4 Å². The van der Waals surface area contributed by atoms with Crippen LogP contribution in [-0.4, -0.2) is 10.9 Å². The fourth-order valence-corrected chi connectivity index (χ4v) is 2.24. The van der Waals surface area contributed by atoms with Crippen LogP contribution in [0.15, 0.2) is 59.8 Å². The highest BCUT2D eigenvalue weighted by molar-refractivity contribution is 5.91. The molecule has 0 bridgehead atoms. The second-order valence-corrected chi connectivity index (χ2v) is 4.70. The molecular weight excluding hydrogens is 279 g/mol. The Morgan fingerprint density at radius 3 is 1.95 bits per heavy atom. The van der Waals surface area contributed by atoms with Gasteiger partial charge in [0.05, 0.1) is 17.2 Å². The molecule has 0 aliphatic carbocycles. The summed E-state index contributed by atoms with van der Waals surface area (Å²) in [6.45, 7) is 1.63. The molecule has 0 radical (unpaired) electrons. The van der Waals surface area contributed by atoms with Crippen LogP contribution >= 0.6 is 0 Å². The monoisotopic (exact) mass is 293 g/mol. The van der Waals surface area contributed by atoms with Gasteiger partial charge in [-0.1, -0.05) is 47.6 Å². The molecule has 0 saturated carbocycles. The summed E-state index contributed by atoms with van der Waals surface area (Å²) in [5.41, 5.74) is 1.22. The summed E-state index contributed by atoms with van der Waals surface area (Å²) in [7, 11) is 0. The molecule has 2 aromatic rings. The van der Waals surface area contributed by atoms with E-state index in [1.165, 1.54) is 12.1 Å². The normalized spacial score (nSPS) is 14.0. The van der Waals surface area contributed by atoms with E-state index in [4.69, 9.17) is 5.21 Å². The third-order valence-electron chi connectivity index (χ3n) is 3.28. The third kappa shape index (κ3) is 3.42.